The Kier molecular flexibility index (Phi) is 1.90. The fourth-order valence-electron chi connectivity index (χ4n) is 1.31. The van der Waals surface area contributed by atoms with Crippen molar-refractivity contribution in [2.75, 3.05) is 13.1 Å². The van der Waals surface area contributed by atoms with Crippen LogP contribution in [0.3, 0.4) is 0 Å². The maximum atomic E-state index is 4.02. The zero-order chi connectivity index (χ0) is 5.98. The maximum Gasteiger partial charge on any atom is 0.00961 e. The third kappa shape index (κ3) is 1.03. The molecule has 0 amide bonds. The molecule has 0 saturated carbocycles. The maximum absolute atomic E-state index is 4.02. The van der Waals surface area contributed by atoms with Gasteiger partial charge < -0.3 is 4.90 Å². The third-order valence-electron chi connectivity index (χ3n) is 1.91. The minimum Gasteiger partial charge on any atom is -0.301 e. The van der Waals surface area contributed by atoms with E-state index in [2.05, 4.69) is 18.7 Å². The zero-order valence-corrected chi connectivity index (χ0v) is 5.56. The van der Waals surface area contributed by atoms with E-state index >= 15 is 0 Å². The van der Waals surface area contributed by atoms with Gasteiger partial charge in [0.25, 0.3) is 0 Å². The van der Waals surface area contributed by atoms with Crippen LogP contribution in [0.25, 0.3) is 0 Å². The van der Waals surface area contributed by atoms with Crippen LogP contribution in [0.2, 0.25) is 0 Å². The van der Waals surface area contributed by atoms with Crippen LogP contribution in [0.1, 0.15) is 19.8 Å². The quantitative estimate of drug-likeness (QED) is 0.494. The van der Waals surface area contributed by atoms with Gasteiger partial charge in [-0.25, -0.2) is 0 Å². The lowest BCUT2D eigenvalue weighted by atomic mass is 10.2. The van der Waals surface area contributed by atoms with Crippen molar-refractivity contribution in [1.82, 2.24) is 4.90 Å². The summed E-state index contributed by atoms with van der Waals surface area (Å²) in [7, 11) is 0. The molecule has 1 atom stereocenters. The Labute approximate surface area is 51.7 Å². The number of hydrogen-bond acceptors (Lipinski definition) is 1. The van der Waals surface area contributed by atoms with Gasteiger partial charge in [0.05, 0.1) is 0 Å². The van der Waals surface area contributed by atoms with Crippen molar-refractivity contribution in [1.29, 1.82) is 0 Å². The Balaban J connectivity index is 2.30. The van der Waals surface area contributed by atoms with Gasteiger partial charge in [-0.3, -0.25) is 0 Å². The first-order chi connectivity index (χ1) is 3.84. The second kappa shape index (κ2) is 2.49. The molecular formula is C7H14N. The van der Waals surface area contributed by atoms with Gasteiger partial charge >= 0.3 is 0 Å². The first-order valence-corrected chi connectivity index (χ1v) is 3.41. The molecule has 1 saturated heterocycles. The molecule has 47 valence electrons. The number of likely N-dealkylation sites (tertiary alicyclic amines) is 1. The fourth-order valence-corrected chi connectivity index (χ4v) is 1.31. The molecular weight excluding hydrogens is 98.1 g/mol. The number of rotatable bonds is 1. The molecule has 0 bridgehead atoms. The summed E-state index contributed by atoms with van der Waals surface area (Å²) < 4.78 is 0. The molecule has 0 N–H and O–H groups in total. The van der Waals surface area contributed by atoms with E-state index in [4.69, 9.17) is 0 Å². The van der Waals surface area contributed by atoms with Crippen LogP contribution >= 0.6 is 0 Å². The number of hydrogen-bond donors (Lipinski definition) is 0. The van der Waals surface area contributed by atoms with E-state index in [-0.39, 0.29) is 0 Å². The predicted octanol–water partition coefficient (Wildman–Crippen LogP) is 1.30. The Bertz CT molecular complexity index is 70.8. The second-order valence-electron chi connectivity index (χ2n) is 2.42. The van der Waals surface area contributed by atoms with Crippen molar-refractivity contribution < 1.29 is 0 Å². The summed E-state index contributed by atoms with van der Waals surface area (Å²) in [6.45, 7) is 8.66. The molecule has 1 nitrogen and oxygen atoms in total. The van der Waals surface area contributed by atoms with E-state index in [9.17, 15) is 0 Å². The summed E-state index contributed by atoms with van der Waals surface area (Å²) >= 11 is 0. The molecule has 0 spiro atoms. The molecule has 1 aliphatic heterocycles. The van der Waals surface area contributed by atoms with E-state index in [0.29, 0.717) is 6.04 Å². The largest absolute Gasteiger partial charge is 0.301 e. The van der Waals surface area contributed by atoms with Crippen LogP contribution < -0.4 is 0 Å². The average molecular weight is 112 g/mol. The predicted molar refractivity (Wildman–Crippen MR) is 35.6 cm³/mol. The van der Waals surface area contributed by atoms with E-state index < -0.39 is 0 Å². The Morgan fingerprint density at radius 2 is 2.50 bits per heavy atom. The lowest BCUT2D eigenvalue weighted by molar-refractivity contribution is 0.304. The van der Waals surface area contributed by atoms with E-state index in [1.807, 2.05) is 0 Å². The van der Waals surface area contributed by atoms with E-state index in [0.717, 1.165) is 0 Å². The summed E-state index contributed by atoms with van der Waals surface area (Å²) in [6, 6.07) is 0.611. The SMILES string of the molecule is [CH2][C@H]1CCCN1CC. The first kappa shape index (κ1) is 6.09. The highest BCUT2D eigenvalue weighted by atomic mass is 15.2. The standard InChI is InChI=1S/C7H14N/c1-3-8-6-4-5-7(8)2/h7H,2-6H2,1H3/t7-/m0/s1. The molecule has 1 heterocycles. The van der Waals surface area contributed by atoms with Crippen LogP contribution in [0.4, 0.5) is 0 Å². The van der Waals surface area contributed by atoms with Gasteiger partial charge in [-0.05, 0) is 32.9 Å². The summed E-state index contributed by atoms with van der Waals surface area (Å²) in [6.07, 6.45) is 2.65. The van der Waals surface area contributed by atoms with Gasteiger partial charge in [-0.1, -0.05) is 6.92 Å². The van der Waals surface area contributed by atoms with Gasteiger partial charge in [-0.2, -0.15) is 0 Å². The smallest absolute Gasteiger partial charge is 0.00961 e. The van der Waals surface area contributed by atoms with Gasteiger partial charge in [0.15, 0.2) is 0 Å². The molecule has 1 aliphatic rings. The summed E-state index contributed by atoms with van der Waals surface area (Å²) in [5, 5.41) is 0. The molecule has 1 radical (unpaired) electrons. The first-order valence-electron chi connectivity index (χ1n) is 3.41. The van der Waals surface area contributed by atoms with Crippen molar-refractivity contribution >= 4 is 0 Å². The summed E-state index contributed by atoms with van der Waals surface area (Å²) in [5.41, 5.74) is 0. The van der Waals surface area contributed by atoms with Crippen molar-refractivity contribution in [3.05, 3.63) is 6.92 Å². The summed E-state index contributed by atoms with van der Waals surface area (Å²) in [5.74, 6) is 0. The highest BCUT2D eigenvalue weighted by Gasteiger charge is 2.17. The topological polar surface area (TPSA) is 3.24 Å². The van der Waals surface area contributed by atoms with Crippen molar-refractivity contribution in [3.8, 4) is 0 Å². The third-order valence-corrected chi connectivity index (χ3v) is 1.91. The minimum absolute atomic E-state index is 0.611. The summed E-state index contributed by atoms with van der Waals surface area (Å²) in [4.78, 5) is 2.42. The van der Waals surface area contributed by atoms with Crippen molar-refractivity contribution in [2.45, 2.75) is 25.8 Å². The highest BCUT2D eigenvalue weighted by Crippen LogP contribution is 2.14. The Morgan fingerprint density at radius 1 is 1.75 bits per heavy atom. The van der Waals surface area contributed by atoms with Crippen LogP contribution in [0.15, 0.2) is 0 Å². The monoisotopic (exact) mass is 112 g/mol. The van der Waals surface area contributed by atoms with Gasteiger partial charge in [-0.15, -0.1) is 0 Å². The average Bonchev–Trinajstić information content (AvgIpc) is 2.14. The molecule has 8 heavy (non-hydrogen) atoms. The second-order valence-corrected chi connectivity index (χ2v) is 2.42. The van der Waals surface area contributed by atoms with E-state index in [1.165, 1.54) is 25.9 Å². The molecule has 1 fully saturated rings. The van der Waals surface area contributed by atoms with Crippen molar-refractivity contribution in [3.63, 3.8) is 0 Å². The molecule has 0 unspecified atom stereocenters. The lowest BCUT2D eigenvalue weighted by Crippen LogP contribution is -2.26. The Morgan fingerprint density at radius 3 is 2.75 bits per heavy atom. The van der Waals surface area contributed by atoms with Gasteiger partial charge in [0.2, 0.25) is 0 Å². The van der Waals surface area contributed by atoms with Crippen molar-refractivity contribution in [2.24, 2.45) is 0 Å². The van der Waals surface area contributed by atoms with E-state index in [1.54, 1.807) is 0 Å². The molecule has 1 rings (SSSR count). The molecule has 0 aromatic heterocycles. The van der Waals surface area contributed by atoms with Crippen LogP contribution in [-0.4, -0.2) is 24.0 Å². The van der Waals surface area contributed by atoms with Crippen LogP contribution in [-0.2, 0) is 0 Å². The zero-order valence-electron chi connectivity index (χ0n) is 5.56. The molecule has 1 heteroatoms. The van der Waals surface area contributed by atoms with Gasteiger partial charge in [0.1, 0.15) is 0 Å². The van der Waals surface area contributed by atoms with Crippen LogP contribution in [0.5, 0.6) is 0 Å². The normalized spacial score (nSPS) is 31.5. The molecule has 0 aromatic carbocycles. The van der Waals surface area contributed by atoms with Crippen LogP contribution in [0, 0.1) is 6.92 Å². The number of nitrogens with zero attached hydrogens (tertiary/aromatic N) is 1. The minimum atomic E-state index is 0.611. The molecule has 0 aliphatic carbocycles. The Hall–Kier alpha value is -0.0400. The van der Waals surface area contributed by atoms with Gasteiger partial charge in [0, 0.05) is 6.04 Å². The fraction of sp³-hybridized carbons (Fsp3) is 0.857. The molecule has 0 aromatic rings. The lowest BCUT2D eigenvalue weighted by Gasteiger charge is -2.17. The highest BCUT2D eigenvalue weighted by molar-refractivity contribution is 4.79.